The van der Waals surface area contributed by atoms with E-state index in [0.29, 0.717) is 6.29 Å². The number of methoxy groups -OCH3 is 1. The van der Waals surface area contributed by atoms with E-state index in [2.05, 4.69) is 0 Å². The average Bonchev–Trinajstić information content (AvgIpc) is 2.16. The maximum Gasteiger partial charge on any atom is 0.488 e. The van der Waals surface area contributed by atoms with Crippen molar-refractivity contribution in [3.63, 3.8) is 0 Å². The molecule has 1 aromatic carbocycles. The number of carbonyl (C=O) groups excluding carboxylic acids is 1. The molecule has 74 valence electrons. The zero-order valence-corrected chi connectivity index (χ0v) is 7.47. The van der Waals surface area contributed by atoms with E-state index < -0.39 is 7.12 Å². The Hall–Kier alpha value is -1.53. The number of phenols is 1. The van der Waals surface area contributed by atoms with Gasteiger partial charge < -0.3 is 19.9 Å². The van der Waals surface area contributed by atoms with Crippen LogP contribution in [0.15, 0.2) is 12.1 Å². The minimum Gasteiger partial charge on any atom is -0.507 e. The number of rotatable bonds is 3. The lowest BCUT2D eigenvalue weighted by Gasteiger charge is -2.08. The molecule has 0 fully saturated rings. The van der Waals surface area contributed by atoms with Crippen molar-refractivity contribution in [2.24, 2.45) is 0 Å². The fraction of sp³-hybridized carbons (Fsp3) is 0.125. The van der Waals surface area contributed by atoms with Gasteiger partial charge in [-0.3, -0.25) is 4.79 Å². The fourth-order valence-corrected chi connectivity index (χ4v) is 1.07. The second-order valence-electron chi connectivity index (χ2n) is 2.65. The van der Waals surface area contributed by atoms with Crippen LogP contribution in [0.25, 0.3) is 0 Å². The minimum atomic E-state index is -1.71. The Kier molecular flexibility index (Phi) is 3.11. The number of phenolic OH excluding ortho intramolecular Hbond substituents is 1. The maximum absolute atomic E-state index is 10.5. The topological polar surface area (TPSA) is 87.0 Å². The predicted molar refractivity (Wildman–Crippen MR) is 49.9 cm³/mol. The molecular formula is C8H9BO5. The van der Waals surface area contributed by atoms with Crippen LogP contribution >= 0.6 is 0 Å². The van der Waals surface area contributed by atoms with Crippen LogP contribution in [0, 0.1) is 0 Å². The van der Waals surface area contributed by atoms with Crippen molar-refractivity contribution >= 4 is 18.9 Å². The summed E-state index contributed by atoms with van der Waals surface area (Å²) in [6.45, 7) is 0. The summed E-state index contributed by atoms with van der Waals surface area (Å²) < 4.78 is 4.79. The van der Waals surface area contributed by atoms with E-state index >= 15 is 0 Å². The minimum absolute atomic E-state index is 0.0168. The summed E-state index contributed by atoms with van der Waals surface area (Å²) in [4.78, 5) is 10.5. The number of ether oxygens (including phenoxy) is 1. The van der Waals surface area contributed by atoms with E-state index in [-0.39, 0.29) is 22.5 Å². The first-order valence-electron chi connectivity index (χ1n) is 3.82. The fourth-order valence-electron chi connectivity index (χ4n) is 1.07. The average molecular weight is 196 g/mol. The Morgan fingerprint density at radius 3 is 2.50 bits per heavy atom. The lowest BCUT2D eigenvalue weighted by molar-refractivity contribution is 0.111. The van der Waals surface area contributed by atoms with Crippen LogP contribution in [-0.2, 0) is 0 Å². The number of carbonyl (C=O) groups is 1. The van der Waals surface area contributed by atoms with Crippen LogP contribution < -0.4 is 10.2 Å². The lowest BCUT2D eigenvalue weighted by atomic mass is 9.79. The van der Waals surface area contributed by atoms with Crippen LogP contribution in [0.4, 0.5) is 0 Å². The lowest BCUT2D eigenvalue weighted by Crippen LogP contribution is -2.29. The molecule has 0 saturated heterocycles. The van der Waals surface area contributed by atoms with Crippen molar-refractivity contribution in [1.29, 1.82) is 0 Å². The number of hydrogen-bond donors (Lipinski definition) is 3. The van der Waals surface area contributed by atoms with Gasteiger partial charge in [-0.15, -0.1) is 0 Å². The van der Waals surface area contributed by atoms with Crippen molar-refractivity contribution in [2.75, 3.05) is 7.11 Å². The van der Waals surface area contributed by atoms with Gasteiger partial charge in [0.25, 0.3) is 0 Å². The molecule has 3 N–H and O–H groups in total. The van der Waals surface area contributed by atoms with Crippen LogP contribution in [0.5, 0.6) is 11.5 Å². The summed E-state index contributed by atoms with van der Waals surface area (Å²) >= 11 is 0. The van der Waals surface area contributed by atoms with Crippen LogP contribution in [0.1, 0.15) is 10.4 Å². The van der Waals surface area contributed by atoms with Gasteiger partial charge in [-0.1, -0.05) is 0 Å². The van der Waals surface area contributed by atoms with Gasteiger partial charge in [-0.05, 0) is 17.6 Å². The van der Waals surface area contributed by atoms with E-state index in [0.717, 1.165) is 6.07 Å². The van der Waals surface area contributed by atoms with Gasteiger partial charge in [0.2, 0.25) is 0 Å². The van der Waals surface area contributed by atoms with Crippen molar-refractivity contribution in [3.05, 3.63) is 17.7 Å². The normalized spacial score (nSPS) is 9.64. The van der Waals surface area contributed by atoms with Crippen molar-refractivity contribution in [2.45, 2.75) is 0 Å². The number of aldehydes is 1. The zero-order valence-electron chi connectivity index (χ0n) is 7.47. The molecule has 0 aliphatic rings. The van der Waals surface area contributed by atoms with Gasteiger partial charge >= 0.3 is 7.12 Å². The van der Waals surface area contributed by atoms with Crippen molar-refractivity contribution in [3.8, 4) is 11.5 Å². The molecule has 14 heavy (non-hydrogen) atoms. The van der Waals surface area contributed by atoms with Gasteiger partial charge in [-0.25, -0.2) is 0 Å². The van der Waals surface area contributed by atoms with E-state index in [1.165, 1.54) is 13.2 Å². The Morgan fingerprint density at radius 1 is 1.43 bits per heavy atom. The van der Waals surface area contributed by atoms with Crippen molar-refractivity contribution < 1.29 is 24.7 Å². The molecule has 0 aliphatic heterocycles. The molecule has 6 heteroatoms. The monoisotopic (exact) mass is 196 g/mol. The van der Waals surface area contributed by atoms with E-state index in [9.17, 15) is 9.90 Å². The van der Waals surface area contributed by atoms with Gasteiger partial charge in [0.1, 0.15) is 11.5 Å². The molecule has 0 heterocycles. The smallest absolute Gasteiger partial charge is 0.488 e. The molecule has 0 unspecified atom stereocenters. The third kappa shape index (κ3) is 1.86. The summed E-state index contributed by atoms with van der Waals surface area (Å²) in [7, 11) is -0.398. The highest BCUT2D eigenvalue weighted by Gasteiger charge is 2.17. The summed E-state index contributed by atoms with van der Waals surface area (Å²) in [5.74, 6) is -0.245. The van der Waals surface area contributed by atoms with Crippen LogP contribution in [0.2, 0.25) is 0 Å². The summed E-state index contributed by atoms with van der Waals surface area (Å²) in [6.07, 6.45) is 0.432. The zero-order chi connectivity index (χ0) is 10.7. The quantitative estimate of drug-likeness (QED) is 0.421. The second-order valence-corrected chi connectivity index (χ2v) is 2.65. The Balaban J connectivity index is 3.31. The standard InChI is InChI=1S/C8H9BO5/c1-14-8-3-5(9(12)13)2-7(11)6(8)4-10/h2-4,11-13H,1H3. The van der Waals surface area contributed by atoms with Crippen LogP contribution in [-0.4, -0.2) is 35.7 Å². The number of hydrogen-bond acceptors (Lipinski definition) is 5. The molecule has 0 amide bonds. The molecule has 0 bridgehead atoms. The first-order valence-corrected chi connectivity index (χ1v) is 3.82. The molecular weight excluding hydrogens is 187 g/mol. The Morgan fingerprint density at radius 2 is 2.07 bits per heavy atom. The molecule has 1 rings (SSSR count). The number of benzene rings is 1. The Bertz CT molecular complexity index is 350. The molecule has 0 radical (unpaired) electrons. The van der Waals surface area contributed by atoms with Crippen molar-refractivity contribution in [1.82, 2.24) is 0 Å². The van der Waals surface area contributed by atoms with E-state index in [1.807, 2.05) is 0 Å². The highest BCUT2D eigenvalue weighted by Crippen LogP contribution is 2.23. The third-order valence-corrected chi connectivity index (χ3v) is 1.78. The molecule has 0 saturated carbocycles. The first-order chi connectivity index (χ1) is 6.60. The predicted octanol–water partition coefficient (Wildman–Crippen LogP) is -1.11. The van der Waals surface area contributed by atoms with Gasteiger partial charge in [0, 0.05) is 0 Å². The molecule has 0 spiro atoms. The van der Waals surface area contributed by atoms with E-state index in [4.69, 9.17) is 14.8 Å². The maximum atomic E-state index is 10.5. The van der Waals surface area contributed by atoms with Gasteiger partial charge in [0.15, 0.2) is 6.29 Å². The molecule has 1 aromatic rings. The largest absolute Gasteiger partial charge is 0.507 e. The highest BCUT2D eigenvalue weighted by molar-refractivity contribution is 6.58. The second kappa shape index (κ2) is 4.12. The summed E-state index contributed by atoms with van der Waals surface area (Å²) in [5.41, 5.74) is 0.0434. The first kappa shape index (κ1) is 10.6. The highest BCUT2D eigenvalue weighted by atomic mass is 16.5. The molecule has 0 aromatic heterocycles. The molecule has 0 aliphatic carbocycles. The van der Waals surface area contributed by atoms with Crippen LogP contribution in [0.3, 0.4) is 0 Å². The summed E-state index contributed by atoms with van der Waals surface area (Å²) in [6, 6.07) is 2.37. The van der Waals surface area contributed by atoms with Gasteiger partial charge in [0.05, 0.1) is 12.7 Å². The number of aromatic hydroxyl groups is 1. The summed E-state index contributed by atoms with van der Waals surface area (Å²) in [5, 5.41) is 27.0. The van der Waals surface area contributed by atoms with Gasteiger partial charge in [-0.2, -0.15) is 0 Å². The third-order valence-electron chi connectivity index (χ3n) is 1.78. The van der Waals surface area contributed by atoms with E-state index in [1.54, 1.807) is 0 Å². The SMILES string of the molecule is COc1cc(B(O)O)cc(O)c1C=O. The Labute approximate surface area is 80.7 Å². The molecule has 0 atom stereocenters. The molecule has 5 nitrogen and oxygen atoms in total.